The molecule has 3 rings (SSSR count). The minimum Gasteiger partial charge on any atom is -0.469 e. The number of aromatic nitrogens is 1. The van der Waals surface area contributed by atoms with E-state index in [0.29, 0.717) is 12.3 Å². The molecule has 1 aliphatic rings. The Balaban J connectivity index is 1.87. The van der Waals surface area contributed by atoms with Gasteiger partial charge in [-0.2, -0.15) is 0 Å². The SMILES string of the molecule is COC(=O)CC(CC(=O)Cc1c(C)c(C)c(C)c(C)c1C)c1noc(C)c1C1CC1. The van der Waals surface area contributed by atoms with E-state index in [1.54, 1.807) is 0 Å². The number of methoxy groups -OCH3 is 1. The number of carbonyl (C=O) groups excluding carboxylic acids is 2. The predicted molar refractivity (Wildman–Crippen MR) is 116 cm³/mol. The van der Waals surface area contributed by atoms with Gasteiger partial charge in [-0.3, -0.25) is 9.59 Å². The molecular weight excluding hydrogens is 378 g/mol. The number of ketones is 1. The molecule has 5 heteroatoms. The molecule has 5 nitrogen and oxygen atoms in total. The third-order valence-electron chi connectivity index (χ3n) is 6.95. The van der Waals surface area contributed by atoms with Crippen molar-refractivity contribution in [1.29, 1.82) is 0 Å². The number of Topliss-reactive ketones (excluding diaryl/α,β-unsaturated/α-hetero) is 1. The molecule has 30 heavy (non-hydrogen) atoms. The van der Waals surface area contributed by atoms with E-state index in [4.69, 9.17) is 9.26 Å². The van der Waals surface area contributed by atoms with Crippen LogP contribution in [0, 0.1) is 41.5 Å². The Hall–Kier alpha value is -2.43. The van der Waals surface area contributed by atoms with Crippen molar-refractivity contribution in [1.82, 2.24) is 5.16 Å². The van der Waals surface area contributed by atoms with Gasteiger partial charge in [0.15, 0.2) is 0 Å². The van der Waals surface area contributed by atoms with E-state index < -0.39 is 0 Å². The van der Waals surface area contributed by atoms with Crippen LogP contribution in [0.25, 0.3) is 0 Å². The quantitative estimate of drug-likeness (QED) is 0.555. The first kappa shape index (κ1) is 22.3. The number of esters is 1. The first-order valence-electron chi connectivity index (χ1n) is 10.8. The molecule has 0 spiro atoms. The molecule has 1 fully saturated rings. The molecule has 0 radical (unpaired) electrons. The van der Waals surface area contributed by atoms with Crippen LogP contribution in [0.5, 0.6) is 0 Å². The molecule has 0 amide bonds. The van der Waals surface area contributed by atoms with Crippen molar-refractivity contribution in [3.05, 3.63) is 50.4 Å². The summed E-state index contributed by atoms with van der Waals surface area (Å²) >= 11 is 0. The van der Waals surface area contributed by atoms with Gasteiger partial charge >= 0.3 is 5.97 Å². The molecule has 1 saturated carbocycles. The van der Waals surface area contributed by atoms with Gasteiger partial charge in [-0.15, -0.1) is 0 Å². The molecule has 2 aromatic rings. The fourth-order valence-corrected chi connectivity index (χ4v) is 4.50. The highest BCUT2D eigenvalue weighted by atomic mass is 16.5. The lowest BCUT2D eigenvalue weighted by Crippen LogP contribution is -2.17. The van der Waals surface area contributed by atoms with Crippen LogP contribution in [0.2, 0.25) is 0 Å². The standard InChI is InChI=1S/C25H33NO4/c1-13-14(2)16(4)22(17(5)15(13)3)12-21(27)10-20(11-23(28)29-7)25-24(19-8-9-19)18(6)30-26-25/h19-20H,8-12H2,1-7H3. The number of rotatable bonds is 8. The lowest BCUT2D eigenvalue weighted by Gasteiger charge is -2.19. The molecule has 1 aromatic carbocycles. The Morgan fingerprint density at radius 3 is 2.07 bits per heavy atom. The molecule has 0 saturated heterocycles. The average molecular weight is 412 g/mol. The maximum Gasteiger partial charge on any atom is 0.306 e. The van der Waals surface area contributed by atoms with Gasteiger partial charge in [-0.1, -0.05) is 5.16 Å². The summed E-state index contributed by atoms with van der Waals surface area (Å²) in [5, 5.41) is 4.26. The minimum atomic E-state index is -0.329. The van der Waals surface area contributed by atoms with Crippen LogP contribution in [-0.2, 0) is 20.7 Å². The topological polar surface area (TPSA) is 69.4 Å². The van der Waals surface area contributed by atoms with Crippen molar-refractivity contribution in [2.24, 2.45) is 0 Å². The van der Waals surface area contributed by atoms with Crippen molar-refractivity contribution in [3.8, 4) is 0 Å². The van der Waals surface area contributed by atoms with E-state index in [9.17, 15) is 9.59 Å². The number of aryl methyl sites for hydroxylation is 1. The summed E-state index contributed by atoms with van der Waals surface area (Å²) in [7, 11) is 1.38. The Morgan fingerprint density at radius 2 is 1.53 bits per heavy atom. The van der Waals surface area contributed by atoms with Gasteiger partial charge in [0.05, 0.1) is 19.2 Å². The van der Waals surface area contributed by atoms with Crippen LogP contribution >= 0.6 is 0 Å². The smallest absolute Gasteiger partial charge is 0.306 e. The first-order valence-corrected chi connectivity index (χ1v) is 10.8. The minimum absolute atomic E-state index is 0.111. The Morgan fingerprint density at radius 1 is 0.967 bits per heavy atom. The van der Waals surface area contributed by atoms with Crippen molar-refractivity contribution in [2.75, 3.05) is 7.11 Å². The van der Waals surface area contributed by atoms with Crippen LogP contribution < -0.4 is 0 Å². The number of hydrogen-bond acceptors (Lipinski definition) is 5. The molecule has 1 unspecified atom stereocenters. The van der Waals surface area contributed by atoms with E-state index >= 15 is 0 Å². The number of nitrogens with zero attached hydrogens (tertiary/aromatic N) is 1. The summed E-state index contributed by atoms with van der Waals surface area (Å²) in [5.41, 5.74) is 9.11. The summed E-state index contributed by atoms with van der Waals surface area (Å²) in [6.07, 6.45) is 2.97. The zero-order chi connectivity index (χ0) is 22.2. The maximum absolute atomic E-state index is 13.2. The molecule has 0 bridgehead atoms. The third kappa shape index (κ3) is 4.35. The van der Waals surface area contributed by atoms with E-state index in [2.05, 4.69) is 39.8 Å². The number of ether oxygens (including phenoxy) is 1. The van der Waals surface area contributed by atoms with Crippen molar-refractivity contribution < 1.29 is 18.8 Å². The molecule has 1 heterocycles. The Kier molecular flexibility index (Phi) is 6.49. The van der Waals surface area contributed by atoms with Crippen LogP contribution in [0.4, 0.5) is 0 Å². The molecule has 0 aliphatic heterocycles. The average Bonchev–Trinajstić information content (AvgIpc) is 3.48. The van der Waals surface area contributed by atoms with Gasteiger partial charge in [0.25, 0.3) is 0 Å². The van der Waals surface area contributed by atoms with Gasteiger partial charge in [0.1, 0.15) is 11.5 Å². The molecule has 162 valence electrons. The van der Waals surface area contributed by atoms with E-state index in [1.165, 1.54) is 34.9 Å². The molecule has 0 N–H and O–H groups in total. The predicted octanol–water partition coefficient (Wildman–Crippen LogP) is 5.25. The summed E-state index contributed by atoms with van der Waals surface area (Å²) < 4.78 is 10.4. The van der Waals surface area contributed by atoms with Gasteiger partial charge in [-0.05, 0) is 93.7 Å². The normalized spacial score (nSPS) is 14.6. The van der Waals surface area contributed by atoms with Gasteiger partial charge in [0.2, 0.25) is 0 Å². The van der Waals surface area contributed by atoms with Crippen molar-refractivity contribution in [3.63, 3.8) is 0 Å². The Bertz CT molecular complexity index is 953. The molecular formula is C25H33NO4. The van der Waals surface area contributed by atoms with Gasteiger partial charge in [-0.25, -0.2) is 0 Å². The largest absolute Gasteiger partial charge is 0.469 e. The Labute approximate surface area is 179 Å². The fourth-order valence-electron chi connectivity index (χ4n) is 4.50. The van der Waals surface area contributed by atoms with Gasteiger partial charge in [0, 0.05) is 24.3 Å². The summed E-state index contributed by atoms with van der Waals surface area (Å²) in [5.74, 6) is 0.704. The number of benzene rings is 1. The molecule has 1 aliphatic carbocycles. The van der Waals surface area contributed by atoms with Crippen LogP contribution in [0.3, 0.4) is 0 Å². The summed E-state index contributed by atoms with van der Waals surface area (Å²) in [4.78, 5) is 25.3. The second-order valence-corrected chi connectivity index (χ2v) is 8.81. The second-order valence-electron chi connectivity index (χ2n) is 8.81. The van der Waals surface area contributed by atoms with Gasteiger partial charge < -0.3 is 9.26 Å². The highest BCUT2D eigenvalue weighted by Crippen LogP contribution is 2.46. The van der Waals surface area contributed by atoms with Crippen molar-refractivity contribution >= 4 is 11.8 Å². The molecule has 1 atom stereocenters. The van der Waals surface area contributed by atoms with Crippen LogP contribution in [0.15, 0.2) is 4.52 Å². The zero-order valence-corrected chi connectivity index (χ0v) is 19.3. The maximum atomic E-state index is 13.2. The van der Waals surface area contributed by atoms with E-state index in [1.807, 2.05) is 6.92 Å². The zero-order valence-electron chi connectivity index (χ0n) is 19.3. The second kappa shape index (κ2) is 8.75. The highest BCUT2D eigenvalue weighted by molar-refractivity contribution is 5.83. The third-order valence-corrected chi connectivity index (χ3v) is 6.95. The first-order chi connectivity index (χ1) is 14.1. The van der Waals surface area contributed by atoms with Crippen LogP contribution in [-0.4, -0.2) is 24.0 Å². The lowest BCUT2D eigenvalue weighted by molar-refractivity contribution is -0.141. The summed E-state index contributed by atoms with van der Waals surface area (Å²) in [6.45, 7) is 12.5. The fraction of sp³-hybridized carbons (Fsp3) is 0.560. The molecule has 1 aromatic heterocycles. The van der Waals surface area contributed by atoms with E-state index in [-0.39, 0.29) is 30.5 Å². The van der Waals surface area contributed by atoms with Crippen LogP contribution in [0.1, 0.15) is 87.9 Å². The number of carbonyl (C=O) groups is 2. The van der Waals surface area contributed by atoms with E-state index in [0.717, 1.165) is 35.4 Å². The highest BCUT2D eigenvalue weighted by Gasteiger charge is 2.35. The van der Waals surface area contributed by atoms with Crippen molar-refractivity contribution in [2.45, 2.75) is 85.5 Å². The lowest BCUT2D eigenvalue weighted by atomic mass is 9.85. The summed E-state index contributed by atoms with van der Waals surface area (Å²) in [6, 6.07) is 0. The monoisotopic (exact) mass is 411 g/mol. The number of hydrogen-bond donors (Lipinski definition) is 0.